The number of nitrogen functional groups attached to an aromatic ring is 1. The number of anilines is 1. The second kappa shape index (κ2) is 4.77. The van der Waals surface area contributed by atoms with Gasteiger partial charge in [0.1, 0.15) is 5.52 Å². The average Bonchev–Trinajstić information content (AvgIpc) is 2.99. The molecule has 0 unspecified atom stereocenters. The van der Waals surface area contributed by atoms with E-state index in [2.05, 4.69) is 4.98 Å². The molecule has 0 fully saturated rings. The molecule has 0 saturated heterocycles. The molecular weight excluding hydrogens is 301 g/mol. The van der Waals surface area contributed by atoms with E-state index in [-0.39, 0.29) is 11.4 Å². The number of rotatable bonds is 2. The molecule has 0 aliphatic rings. The largest absolute Gasteiger partial charge is 0.436 e. The van der Waals surface area contributed by atoms with Crippen LogP contribution in [0.15, 0.2) is 28.7 Å². The molecule has 7 heteroatoms. The maximum Gasteiger partial charge on any atom is 0.416 e. The lowest BCUT2D eigenvalue weighted by molar-refractivity contribution is -0.137. The van der Waals surface area contributed by atoms with Gasteiger partial charge in [0.25, 0.3) is 0 Å². The molecule has 3 rings (SSSR count). The fraction of sp³-hybridized carbons (Fsp3) is 0.214. The Morgan fingerprint density at radius 1 is 1.29 bits per heavy atom. The Morgan fingerprint density at radius 2 is 2.05 bits per heavy atom. The van der Waals surface area contributed by atoms with Crippen LogP contribution in [0.25, 0.3) is 22.6 Å². The topological polar surface area (TPSA) is 52.0 Å². The summed E-state index contributed by atoms with van der Waals surface area (Å²) >= 11 is 1.42. The highest BCUT2D eigenvalue weighted by atomic mass is 32.1. The molecule has 0 aliphatic carbocycles. The van der Waals surface area contributed by atoms with Crippen LogP contribution in [-0.4, -0.2) is 4.98 Å². The van der Waals surface area contributed by atoms with E-state index in [1.54, 1.807) is 0 Å². The van der Waals surface area contributed by atoms with Crippen molar-refractivity contribution in [3.8, 4) is 11.5 Å². The summed E-state index contributed by atoms with van der Waals surface area (Å²) in [4.78, 5) is 5.20. The van der Waals surface area contributed by atoms with Gasteiger partial charge in [0.05, 0.1) is 16.1 Å². The zero-order valence-electron chi connectivity index (χ0n) is 11.0. The number of benzene rings is 1. The lowest BCUT2D eigenvalue weighted by Crippen LogP contribution is -2.03. The van der Waals surface area contributed by atoms with Crippen molar-refractivity contribution in [3.05, 3.63) is 34.7 Å². The predicted octanol–water partition coefficient (Wildman–Crippen LogP) is 4.72. The molecule has 0 atom stereocenters. The molecule has 0 amide bonds. The summed E-state index contributed by atoms with van der Waals surface area (Å²) in [6.45, 7) is 2.00. The number of aryl methyl sites for hydroxylation is 1. The maximum atomic E-state index is 12.7. The first-order chi connectivity index (χ1) is 9.88. The molecule has 0 saturated carbocycles. The zero-order valence-corrected chi connectivity index (χ0v) is 11.8. The third-order valence-corrected chi connectivity index (χ3v) is 4.21. The van der Waals surface area contributed by atoms with E-state index in [1.165, 1.54) is 17.4 Å². The Bertz CT molecular complexity index is 804. The molecule has 0 radical (unpaired) electrons. The number of aromatic nitrogens is 1. The monoisotopic (exact) mass is 312 g/mol. The van der Waals surface area contributed by atoms with Crippen LogP contribution in [0.4, 0.5) is 18.2 Å². The third kappa shape index (κ3) is 2.49. The summed E-state index contributed by atoms with van der Waals surface area (Å²) < 4.78 is 43.6. The molecular formula is C14H11F3N2OS. The first-order valence-corrected chi connectivity index (χ1v) is 7.06. The Hall–Kier alpha value is -2.02. The minimum atomic E-state index is -4.40. The number of nitrogens with zero attached hydrogens (tertiary/aromatic N) is 1. The van der Waals surface area contributed by atoms with Crippen LogP contribution < -0.4 is 5.73 Å². The van der Waals surface area contributed by atoms with Crippen molar-refractivity contribution in [2.75, 3.05) is 5.73 Å². The predicted molar refractivity (Wildman–Crippen MR) is 76.1 cm³/mol. The highest BCUT2D eigenvalue weighted by Crippen LogP contribution is 2.37. The Balaban J connectivity index is 2.10. The van der Waals surface area contributed by atoms with E-state index >= 15 is 0 Å². The van der Waals surface area contributed by atoms with Crippen molar-refractivity contribution < 1.29 is 17.6 Å². The molecule has 3 nitrogen and oxygen atoms in total. The van der Waals surface area contributed by atoms with Gasteiger partial charge in [0, 0.05) is 4.88 Å². The van der Waals surface area contributed by atoms with E-state index in [1.807, 2.05) is 13.0 Å². The minimum absolute atomic E-state index is 0.170. The average molecular weight is 312 g/mol. The molecule has 3 aromatic rings. The van der Waals surface area contributed by atoms with Gasteiger partial charge in [-0.15, -0.1) is 11.3 Å². The van der Waals surface area contributed by atoms with Crippen molar-refractivity contribution in [1.82, 2.24) is 4.98 Å². The van der Waals surface area contributed by atoms with Gasteiger partial charge in [0.2, 0.25) is 5.89 Å². The smallest absolute Gasteiger partial charge is 0.416 e. The van der Waals surface area contributed by atoms with Crippen LogP contribution >= 0.6 is 11.3 Å². The minimum Gasteiger partial charge on any atom is -0.436 e. The van der Waals surface area contributed by atoms with E-state index in [0.29, 0.717) is 16.1 Å². The number of oxazole rings is 1. The van der Waals surface area contributed by atoms with E-state index in [4.69, 9.17) is 10.2 Å². The van der Waals surface area contributed by atoms with Gasteiger partial charge in [-0.3, -0.25) is 0 Å². The number of thiophene rings is 1. The lowest BCUT2D eigenvalue weighted by Gasteiger charge is -2.04. The Kier molecular flexibility index (Phi) is 3.16. The van der Waals surface area contributed by atoms with Gasteiger partial charge >= 0.3 is 6.18 Å². The van der Waals surface area contributed by atoms with Crippen LogP contribution in [0.5, 0.6) is 0 Å². The fourth-order valence-electron chi connectivity index (χ4n) is 2.02. The van der Waals surface area contributed by atoms with Gasteiger partial charge in [-0.05, 0) is 30.7 Å². The number of fused-ring (bicyclic) bond motifs is 1. The summed E-state index contributed by atoms with van der Waals surface area (Å²) in [5, 5.41) is 0.550. The highest BCUT2D eigenvalue weighted by Gasteiger charge is 2.31. The van der Waals surface area contributed by atoms with Crippen LogP contribution in [0, 0.1) is 0 Å². The number of halogens is 3. The van der Waals surface area contributed by atoms with Gasteiger partial charge in [-0.25, -0.2) is 4.98 Å². The van der Waals surface area contributed by atoms with Gasteiger partial charge < -0.3 is 10.2 Å². The first-order valence-electron chi connectivity index (χ1n) is 6.25. The summed E-state index contributed by atoms with van der Waals surface area (Å²) in [6, 6.07) is 5.09. The summed E-state index contributed by atoms with van der Waals surface area (Å²) in [5.41, 5.74) is 6.26. The van der Waals surface area contributed by atoms with E-state index in [9.17, 15) is 13.2 Å². The number of nitrogens with two attached hydrogens (primary N) is 1. The fourth-order valence-corrected chi connectivity index (χ4v) is 2.88. The van der Waals surface area contributed by atoms with Gasteiger partial charge in [-0.1, -0.05) is 6.92 Å². The van der Waals surface area contributed by atoms with Crippen LogP contribution in [0.2, 0.25) is 0 Å². The Labute approximate surface area is 122 Å². The molecule has 0 aliphatic heterocycles. The summed E-state index contributed by atoms with van der Waals surface area (Å²) in [7, 11) is 0. The maximum absolute atomic E-state index is 12.7. The molecule has 2 heterocycles. The quantitative estimate of drug-likeness (QED) is 0.745. The van der Waals surface area contributed by atoms with Crippen molar-refractivity contribution in [3.63, 3.8) is 0 Å². The van der Waals surface area contributed by atoms with Crippen molar-refractivity contribution in [2.24, 2.45) is 0 Å². The van der Waals surface area contributed by atoms with Crippen LogP contribution in [0.3, 0.4) is 0 Å². The zero-order chi connectivity index (χ0) is 15.2. The number of hydrogen-bond acceptors (Lipinski definition) is 4. The van der Waals surface area contributed by atoms with E-state index < -0.39 is 11.7 Å². The molecule has 21 heavy (non-hydrogen) atoms. The summed E-state index contributed by atoms with van der Waals surface area (Å²) in [6.07, 6.45) is -3.57. The van der Waals surface area contributed by atoms with Gasteiger partial charge in [-0.2, -0.15) is 13.2 Å². The van der Waals surface area contributed by atoms with Gasteiger partial charge in [0.15, 0.2) is 5.58 Å². The van der Waals surface area contributed by atoms with Crippen molar-refractivity contribution >= 4 is 27.4 Å². The molecule has 1 aromatic carbocycles. The normalized spacial score (nSPS) is 12.2. The SMILES string of the molecule is CCc1cc(-c2nc3cc(C(F)(F)F)ccc3o2)c(N)s1. The standard InChI is InChI=1S/C14H11F3N2OS/c1-2-8-6-9(12(18)21-8)13-19-10-5-7(14(15,16)17)3-4-11(10)20-13/h3-6H,2,18H2,1H3. The molecule has 0 spiro atoms. The lowest BCUT2D eigenvalue weighted by atomic mass is 10.2. The van der Waals surface area contributed by atoms with E-state index in [0.717, 1.165) is 23.4 Å². The molecule has 0 bridgehead atoms. The number of alkyl halides is 3. The molecule has 2 aromatic heterocycles. The van der Waals surface area contributed by atoms with Crippen LogP contribution in [0.1, 0.15) is 17.4 Å². The Morgan fingerprint density at radius 3 is 2.67 bits per heavy atom. The highest BCUT2D eigenvalue weighted by molar-refractivity contribution is 7.16. The number of hydrogen-bond donors (Lipinski definition) is 1. The summed E-state index contributed by atoms with van der Waals surface area (Å²) in [5.74, 6) is 0.248. The van der Waals surface area contributed by atoms with Crippen molar-refractivity contribution in [1.29, 1.82) is 0 Å². The van der Waals surface area contributed by atoms with Crippen molar-refractivity contribution in [2.45, 2.75) is 19.5 Å². The second-order valence-corrected chi connectivity index (χ2v) is 5.71. The van der Waals surface area contributed by atoms with Crippen LogP contribution in [-0.2, 0) is 12.6 Å². The molecule has 110 valence electrons. The third-order valence-electron chi connectivity index (χ3n) is 3.11. The molecule has 2 N–H and O–H groups in total. The first kappa shape index (κ1) is 13.9. The second-order valence-electron chi connectivity index (χ2n) is 4.54.